The molecule has 0 aliphatic carbocycles. The number of amides is 2. The van der Waals surface area contributed by atoms with E-state index in [0.29, 0.717) is 17.2 Å². The van der Waals surface area contributed by atoms with Crippen molar-refractivity contribution in [1.29, 1.82) is 0 Å². The van der Waals surface area contributed by atoms with Gasteiger partial charge in [0.05, 0.1) is 24.8 Å². The SMILES string of the molecule is COc1ccc(Nc2ccc(N3C(=O)C[C@H](C)C3=O)cc2[N+](=O)[O-])cc1OC. The minimum absolute atomic E-state index is 0.0955. The lowest BCUT2D eigenvalue weighted by molar-refractivity contribution is -0.383. The first-order valence-electron chi connectivity index (χ1n) is 8.50. The molecule has 1 heterocycles. The average Bonchev–Trinajstić information content (AvgIpc) is 2.93. The standard InChI is InChI=1S/C19H19N3O6/c1-11-8-18(23)21(19(11)24)13-5-6-14(15(10-13)22(25)26)20-12-4-7-16(27-2)17(9-12)28-3/h4-7,9-11,20H,8H2,1-3H3/t11-/m0/s1. The maximum Gasteiger partial charge on any atom is 0.294 e. The fourth-order valence-electron chi connectivity index (χ4n) is 3.04. The van der Waals surface area contributed by atoms with Gasteiger partial charge < -0.3 is 14.8 Å². The van der Waals surface area contributed by atoms with E-state index in [-0.39, 0.29) is 35.3 Å². The summed E-state index contributed by atoms with van der Waals surface area (Å²) in [6.07, 6.45) is 0.0955. The molecule has 1 aliphatic heterocycles. The number of nitro groups is 1. The Kier molecular flexibility index (Phi) is 5.16. The van der Waals surface area contributed by atoms with Gasteiger partial charge in [0.2, 0.25) is 11.8 Å². The highest BCUT2D eigenvalue weighted by Gasteiger charge is 2.37. The Hall–Kier alpha value is -3.62. The largest absolute Gasteiger partial charge is 0.493 e. The van der Waals surface area contributed by atoms with Crippen molar-refractivity contribution in [1.82, 2.24) is 0 Å². The van der Waals surface area contributed by atoms with Crippen LogP contribution in [0.4, 0.5) is 22.7 Å². The predicted molar refractivity (Wildman–Crippen MR) is 102 cm³/mol. The van der Waals surface area contributed by atoms with E-state index in [4.69, 9.17) is 9.47 Å². The first-order chi connectivity index (χ1) is 13.3. The maximum atomic E-state index is 12.2. The monoisotopic (exact) mass is 385 g/mol. The van der Waals surface area contributed by atoms with E-state index in [1.165, 1.54) is 32.4 Å². The van der Waals surface area contributed by atoms with Crippen LogP contribution in [0, 0.1) is 16.0 Å². The van der Waals surface area contributed by atoms with Crippen molar-refractivity contribution >= 4 is 34.6 Å². The number of nitrogens with one attached hydrogen (secondary N) is 1. The zero-order chi connectivity index (χ0) is 20.4. The van der Waals surface area contributed by atoms with Gasteiger partial charge in [0.25, 0.3) is 5.69 Å². The Morgan fingerprint density at radius 3 is 2.39 bits per heavy atom. The van der Waals surface area contributed by atoms with E-state index in [2.05, 4.69) is 5.32 Å². The number of imide groups is 1. The summed E-state index contributed by atoms with van der Waals surface area (Å²) in [6.45, 7) is 1.65. The molecular formula is C19H19N3O6. The molecule has 2 aromatic rings. The van der Waals surface area contributed by atoms with Crippen LogP contribution in [-0.2, 0) is 9.59 Å². The molecule has 1 N–H and O–H groups in total. The Morgan fingerprint density at radius 1 is 1.11 bits per heavy atom. The second kappa shape index (κ2) is 7.55. The molecule has 0 radical (unpaired) electrons. The van der Waals surface area contributed by atoms with E-state index in [9.17, 15) is 19.7 Å². The van der Waals surface area contributed by atoms with Gasteiger partial charge in [0, 0.05) is 30.2 Å². The third-order valence-electron chi connectivity index (χ3n) is 4.47. The number of rotatable bonds is 6. The number of hydrogen-bond donors (Lipinski definition) is 1. The summed E-state index contributed by atoms with van der Waals surface area (Å²) < 4.78 is 10.4. The Bertz CT molecular complexity index is 959. The van der Waals surface area contributed by atoms with Crippen LogP contribution < -0.4 is 19.7 Å². The van der Waals surface area contributed by atoms with E-state index in [0.717, 1.165) is 4.90 Å². The minimum Gasteiger partial charge on any atom is -0.493 e. The van der Waals surface area contributed by atoms with Crippen LogP contribution in [-0.4, -0.2) is 31.0 Å². The van der Waals surface area contributed by atoms with Gasteiger partial charge in [-0.2, -0.15) is 0 Å². The molecule has 2 amide bonds. The van der Waals surface area contributed by atoms with Gasteiger partial charge in [-0.25, -0.2) is 0 Å². The van der Waals surface area contributed by atoms with Gasteiger partial charge in [-0.3, -0.25) is 24.6 Å². The van der Waals surface area contributed by atoms with Crippen molar-refractivity contribution in [2.75, 3.05) is 24.4 Å². The maximum absolute atomic E-state index is 12.2. The molecule has 1 fully saturated rings. The van der Waals surface area contributed by atoms with Crippen LogP contribution in [0.1, 0.15) is 13.3 Å². The van der Waals surface area contributed by atoms with E-state index in [1.54, 1.807) is 25.1 Å². The molecule has 1 aliphatic rings. The predicted octanol–water partition coefficient (Wildman–Crippen LogP) is 3.26. The molecule has 9 heteroatoms. The van der Waals surface area contributed by atoms with Gasteiger partial charge in [-0.05, 0) is 24.3 Å². The van der Waals surface area contributed by atoms with Crippen molar-refractivity contribution in [3.05, 3.63) is 46.5 Å². The highest BCUT2D eigenvalue weighted by molar-refractivity contribution is 6.21. The quantitative estimate of drug-likeness (QED) is 0.461. The van der Waals surface area contributed by atoms with Gasteiger partial charge >= 0.3 is 0 Å². The van der Waals surface area contributed by atoms with Gasteiger partial charge in [0.1, 0.15) is 5.69 Å². The summed E-state index contributed by atoms with van der Waals surface area (Å²) >= 11 is 0. The lowest BCUT2D eigenvalue weighted by Gasteiger charge is -2.16. The first kappa shape index (κ1) is 19.2. The van der Waals surface area contributed by atoms with Crippen LogP contribution in [0.25, 0.3) is 0 Å². The number of nitrogens with zero attached hydrogens (tertiary/aromatic N) is 2. The number of carbonyl (C=O) groups excluding carboxylic acids is 2. The molecule has 28 heavy (non-hydrogen) atoms. The molecular weight excluding hydrogens is 366 g/mol. The van der Waals surface area contributed by atoms with Crippen LogP contribution in [0.5, 0.6) is 11.5 Å². The van der Waals surface area contributed by atoms with E-state index in [1.807, 2.05) is 0 Å². The Balaban J connectivity index is 1.96. The molecule has 146 valence electrons. The van der Waals surface area contributed by atoms with Crippen molar-refractivity contribution in [2.45, 2.75) is 13.3 Å². The Labute approximate surface area is 161 Å². The zero-order valence-corrected chi connectivity index (χ0v) is 15.6. The molecule has 2 aromatic carbocycles. The van der Waals surface area contributed by atoms with Crippen LogP contribution >= 0.6 is 0 Å². The molecule has 3 rings (SSSR count). The number of ether oxygens (including phenoxy) is 2. The van der Waals surface area contributed by atoms with E-state index >= 15 is 0 Å². The summed E-state index contributed by atoms with van der Waals surface area (Å²) in [5.41, 5.74) is 0.694. The van der Waals surface area contributed by atoms with Crippen molar-refractivity contribution in [3.8, 4) is 11.5 Å². The number of benzene rings is 2. The molecule has 0 spiro atoms. The number of methoxy groups -OCH3 is 2. The van der Waals surface area contributed by atoms with Crippen molar-refractivity contribution in [2.24, 2.45) is 5.92 Å². The topological polar surface area (TPSA) is 111 Å². The van der Waals surface area contributed by atoms with Crippen LogP contribution in [0.2, 0.25) is 0 Å². The molecule has 1 saturated heterocycles. The van der Waals surface area contributed by atoms with Gasteiger partial charge in [-0.1, -0.05) is 6.92 Å². The second-order valence-electron chi connectivity index (χ2n) is 6.33. The Morgan fingerprint density at radius 2 is 1.82 bits per heavy atom. The van der Waals surface area contributed by atoms with E-state index < -0.39 is 10.8 Å². The summed E-state index contributed by atoms with van der Waals surface area (Å²) in [6, 6.07) is 9.19. The lowest BCUT2D eigenvalue weighted by atomic mass is 10.1. The third-order valence-corrected chi connectivity index (χ3v) is 4.47. The molecule has 0 unspecified atom stereocenters. The minimum atomic E-state index is -0.568. The number of anilines is 3. The lowest BCUT2D eigenvalue weighted by Crippen LogP contribution is -2.30. The van der Waals surface area contributed by atoms with Crippen molar-refractivity contribution in [3.63, 3.8) is 0 Å². The van der Waals surface area contributed by atoms with Gasteiger partial charge in [-0.15, -0.1) is 0 Å². The molecule has 0 aromatic heterocycles. The normalized spacial score (nSPS) is 16.2. The number of carbonyl (C=O) groups is 2. The molecule has 1 atom stereocenters. The molecule has 9 nitrogen and oxygen atoms in total. The summed E-state index contributed by atoms with van der Waals surface area (Å²) in [4.78, 5) is 36.3. The molecule has 0 bridgehead atoms. The number of hydrogen-bond acceptors (Lipinski definition) is 7. The van der Waals surface area contributed by atoms with Crippen LogP contribution in [0.3, 0.4) is 0 Å². The fourth-order valence-corrected chi connectivity index (χ4v) is 3.04. The average molecular weight is 385 g/mol. The number of nitro benzene ring substituents is 1. The highest BCUT2D eigenvalue weighted by Crippen LogP contribution is 2.36. The van der Waals surface area contributed by atoms with Crippen LogP contribution in [0.15, 0.2) is 36.4 Å². The summed E-state index contributed by atoms with van der Waals surface area (Å²) in [5.74, 6) is -0.171. The zero-order valence-electron chi connectivity index (χ0n) is 15.6. The molecule has 0 saturated carbocycles. The smallest absolute Gasteiger partial charge is 0.294 e. The van der Waals surface area contributed by atoms with Crippen molar-refractivity contribution < 1.29 is 24.0 Å². The summed E-state index contributed by atoms with van der Waals surface area (Å²) in [5, 5.41) is 14.5. The fraction of sp³-hybridized carbons (Fsp3) is 0.263. The second-order valence-corrected chi connectivity index (χ2v) is 6.33. The third kappa shape index (κ3) is 3.46. The first-order valence-corrected chi connectivity index (χ1v) is 8.50. The van der Waals surface area contributed by atoms with Gasteiger partial charge in [0.15, 0.2) is 11.5 Å². The highest BCUT2D eigenvalue weighted by atomic mass is 16.6. The summed E-state index contributed by atoms with van der Waals surface area (Å²) in [7, 11) is 3.00.